The quantitative estimate of drug-likeness (QED) is 0.326. The van der Waals surface area contributed by atoms with Gasteiger partial charge >= 0.3 is 0 Å². The number of amides is 1. The van der Waals surface area contributed by atoms with Crippen molar-refractivity contribution in [2.24, 2.45) is 4.99 Å². The summed E-state index contributed by atoms with van der Waals surface area (Å²) in [7, 11) is 3.37. The van der Waals surface area contributed by atoms with Gasteiger partial charge in [0.25, 0.3) is 5.91 Å². The Morgan fingerprint density at radius 2 is 2.07 bits per heavy atom. The van der Waals surface area contributed by atoms with E-state index in [0.717, 1.165) is 30.4 Å². The van der Waals surface area contributed by atoms with E-state index in [2.05, 4.69) is 32.9 Å². The van der Waals surface area contributed by atoms with Crippen molar-refractivity contribution in [1.29, 1.82) is 0 Å². The van der Waals surface area contributed by atoms with Crippen molar-refractivity contribution >= 4 is 11.9 Å². The highest BCUT2D eigenvalue weighted by Crippen LogP contribution is 2.14. The maximum absolute atomic E-state index is 11.8. The molecule has 0 saturated carbocycles. The Hall–Kier alpha value is -3.09. The highest BCUT2D eigenvalue weighted by atomic mass is 16.5. The van der Waals surface area contributed by atoms with Gasteiger partial charge in [-0.1, -0.05) is 31.5 Å². The van der Waals surface area contributed by atoms with Crippen LogP contribution in [0.3, 0.4) is 0 Å². The maximum atomic E-state index is 11.8. The molecule has 7 heteroatoms. The Morgan fingerprint density at radius 3 is 2.83 bits per heavy atom. The fraction of sp³-hybridized carbons (Fsp3) is 0.409. The molecule has 0 unspecified atom stereocenters. The summed E-state index contributed by atoms with van der Waals surface area (Å²) in [6.07, 6.45) is 4.62. The lowest BCUT2D eigenvalue weighted by Crippen LogP contribution is -2.38. The molecule has 0 atom stereocenters. The second-order valence-corrected chi connectivity index (χ2v) is 6.55. The van der Waals surface area contributed by atoms with Crippen LogP contribution >= 0.6 is 0 Å². The summed E-state index contributed by atoms with van der Waals surface area (Å²) >= 11 is 0. The predicted molar refractivity (Wildman–Crippen MR) is 116 cm³/mol. The Bertz CT molecular complexity index is 807. The zero-order valence-corrected chi connectivity index (χ0v) is 17.5. The SMILES string of the molecule is CCCCOc1ncccc1CNC(=NC)NCCc1cccc(C(=O)NC)c1. The van der Waals surface area contributed by atoms with Crippen molar-refractivity contribution in [3.05, 3.63) is 59.3 Å². The molecule has 156 valence electrons. The first-order valence-electron chi connectivity index (χ1n) is 10.00. The van der Waals surface area contributed by atoms with Crippen molar-refractivity contribution in [3.63, 3.8) is 0 Å². The zero-order chi connectivity index (χ0) is 20.9. The summed E-state index contributed by atoms with van der Waals surface area (Å²) in [6, 6.07) is 11.5. The summed E-state index contributed by atoms with van der Waals surface area (Å²) in [4.78, 5) is 20.4. The van der Waals surface area contributed by atoms with Gasteiger partial charge in [-0.25, -0.2) is 4.98 Å². The van der Waals surface area contributed by atoms with E-state index in [1.54, 1.807) is 20.3 Å². The number of aromatic nitrogens is 1. The minimum absolute atomic E-state index is 0.0780. The van der Waals surface area contributed by atoms with E-state index in [-0.39, 0.29) is 5.91 Å². The third-order valence-corrected chi connectivity index (χ3v) is 4.38. The van der Waals surface area contributed by atoms with Gasteiger partial charge in [-0.05, 0) is 36.6 Å². The topological polar surface area (TPSA) is 87.6 Å². The summed E-state index contributed by atoms with van der Waals surface area (Å²) in [5.41, 5.74) is 2.75. The van der Waals surface area contributed by atoms with E-state index in [4.69, 9.17) is 4.74 Å². The number of nitrogens with zero attached hydrogens (tertiary/aromatic N) is 2. The van der Waals surface area contributed by atoms with Crippen molar-refractivity contribution < 1.29 is 9.53 Å². The Kier molecular flexibility index (Phi) is 9.48. The standard InChI is InChI=1S/C22H31N5O2/c1-4-5-14-29-21-19(10-7-12-25-21)16-27-22(24-3)26-13-11-17-8-6-9-18(15-17)20(28)23-2/h6-10,12,15H,4-5,11,13-14,16H2,1-3H3,(H,23,28)(H2,24,26,27). The highest BCUT2D eigenvalue weighted by Gasteiger charge is 2.07. The molecule has 0 aliphatic heterocycles. The van der Waals surface area contributed by atoms with Crippen LogP contribution in [0.1, 0.15) is 41.3 Å². The molecule has 3 N–H and O–H groups in total. The molecule has 1 heterocycles. The van der Waals surface area contributed by atoms with Gasteiger partial charge in [0.15, 0.2) is 5.96 Å². The number of pyridine rings is 1. The van der Waals surface area contributed by atoms with Crippen molar-refractivity contribution in [2.45, 2.75) is 32.7 Å². The summed E-state index contributed by atoms with van der Waals surface area (Å²) < 4.78 is 5.78. The van der Waals surface area contributed by atoms with E-state index >= 15 is 0 Å². The lowest BCUT2D eigenvalue weighted by atomic mass is 10.1. The lowest BCUT2D eigenvalue weighted by molar-refractivity contribution is 0.0963. The molecule has 7 nitrogen and oxygen atoms in total. The number of nitrogens with one attached hydrogen (secondary N) is 3. The summed E-state index contributed by atoms with van der Waals surface area (Å²) in [5, 5.41) is 9.24. The van der Waals surface area contributed by atoms with E-state index in [0.29, 0.717) is 37.1 Å². The van der Waals surface area contributed by atoms with Crippen molar-refractivity contribution in [1.82, 2.24) is 20.9 Å². The number of carbonyl (C=O) groups excluding carboxylic acids is 1. The van der Waals surface area contributed by atoms with Gasteiger partial charge in [-0.15, -0.1) is 0 Å². The van der Waals surface area contributed by atoms with Crippen molar-refractivity contribution in [2.75, 3.05) is 27.2 Å². The number of benzene rings is 1. The smallest absolute Gasteiger partial charge is 0.251 e. The molecule has 0 bridgehead atoms. The second-order valence-electron chi connectivity index (χ2n) is 6.55. The molecular formula is C22H31N5O2. The second kappa shape index (κ2) is 12.4. The molecular weight excluding hydrogens is 366 g/mol. The first-order chi connectivity index (χ1) is 14.2. The molecule has 1 aromatic heterocycles. The summed E-state index contributed by atoms with van der Waals surface area (Å²) in [5.74, 6) is 1.29. The molecule has 0 saturated heterocycles. The number of hydrogen-bond acceptors (Lipinski definition) is 4. The third kappa shape index (κ3) is 7.44. The maximum Gasteiger partial charge on any atom is 0.251 e. The molecule has 2 rings (SSSR count). The first kappa shape index (κ1) is 22.2. The molecule has 0 aliphatic carbocycles. The van der Waals surface area contributed by atoms with Gasteiger partial charge in [-0.3, -0.25) is 9.79 Å². The minimum Gasteiger partial charge on any atom is -0.477 e. The van der Waals surface area contributed by atoms with Crippen LogP contribution in [0.5, 0.6) is 5.88 Å². The monoisotopic (exact) mass is 397 g/mol. The Labute approximate surface area is 173 Å². The molecule has 1 aromatic carbocycles. The molecule has 0 fully saturated rings. The largest absolute Gasteiger partial charge is 0.477 e. The lowest BCUT2D eigenvalue weighted by Gasteiger charge is -2.14. The number of ether oxygens (including phenoxy) is 1. The van der Waals surface area contributed by atoms with Crippen molar-refractivity contribution in [3.8, 4) is 5.88 Å². The molecule has 0 aliphatic rings. The average molecular weight is 398 g/mol. The molecule has 0 radical (unpaired) electrons. The van der Waals surface area contributed by atoms with E-state index in [9.17, 15) is 4.79 Å². The number of rotatable bonds is 10. The van der Waals surface area contributed by atoms with Crippen LogP contribution in [-0.4, -0.2) is 44.1 Å². The van der Waals surface area contributed by atoms with Crippen LogP contribution < -0.4 is 20.7 Å². The van der Waals surface area contributed by atoms with Gasteiger partial charge in [0.1, 0.15) is 0 Å². The third-order valence-electron chi connectivity index (χ3n) is 4.38. The number of unbranched alkanes of at least 4 members (excludes halogenated alkanes) is 1. The van der Waals surface area contributed by atoms with Crippen LogP contribution in [0.15, 0.2) is 47.6 Å². The average Bonchev–Trinajstić information content (AvgIpc) is 2.76. The number of hydrogen-bond donors (Lipinski definition) is 3. The Balaban J connectivity index is 1.84. The van der Waals surface area contributed by atoms with Crippen LogP contribution in [0, 0.1) is 0 Å². The molecule has 0 spiro atoms. The van der Waals surface area contributed by atoms with Crippen LogP contribution in [0.25, 0.3) is 0 Å². The van der Waals surface area contributed by atoms with Crippen LogP contribution in [-0.2, 0) is 13.0 Å². The van der Waals surface area contributed by atoms with E-state index in [1.165, 1.54) is 0 Å². The zero-order valence-electron chi connectivity index (χ0n) is 17.5. The number of carbonyl (C=O) groups is 1. The number of aliphatic imine (C=N–C) groups is 1. The number of guanidine groups is 1. The fourth-order valence-corrected chi connectivity index (χ4v) is 2.74. The van der Waals surface area contributed by atoms with Gasteiger partial charge in [0.2, 0.25) is 5.88 Å². The van der Waals surface area contributed by atoms with Gasteiger partial charge in [0, 0.05) is 44.5 Å². The Morgan fingerprint density at radius 1 is 1.21 bits per heavy atom. The highest BCUT2D eigenvalue weighted by molar-refractivity contribution is 5.94. The van der Waals surface area contributed by atoms with Gasteiger partial charge < -0.3 is 20.7 Å². The van der Waals surface area contributed by atoms with E-state index in [1.807, 2.05) is 36.4 Å². The van der Waals surface area contributed by atoms with E-state index < -0.39 is 0 Å². The van der Waals surface area contributed by atoms with Crippen LogP contribution in [0.4, 0.5) is 0 Å². The first-order valence-corrected chi connectivity index (χ1v) is 10.00. The fourth-order valence-electron chi connectivity index (χ4n) is 2.74. The molecule has 2 aromatic rings. The molecule has 29 heavy (non-hydrogen) atoms. The summed E-state index contributed by atoms with van der Waals surface area (Å²) in [6.45, 7) is 4.07. The van der Waals surface area contributed by atoms with Crippen LogP contribution in [0.2, 0.25) is 0 Å². The predicted octanol–water partition coefficient (Wildman–Crippen LogP) is 2.53. The normalized spacial score (nSPS) is 11.1. The van der Waals surface area contributed by atoms with Gasteiger partial charge in [-0.2, -0.15) is 0 Å². The van der Waals surface area contributed by atoms with Gasteiger partial charge in [0.05, 0.1) is 6.61 Å². The minimum atomic E-state index is -0.0780. The molecule has 1 amide bonds.